The molecule has 2 aromatic carbocycles. The van der Waals surface area contributed by atoms with E-state index in [9.17, 15) is 14.3 Å². The van der Waals surface area contributed by atoms with Crippen molar-refractivity contribution in [2.24, 2.45) is 0 Å². The Morgan fingerprint density at radius 3 is 2.81 bits per heavy atom. The van der Waals surface area contributed by atoms with E-state index in [1.165, 1.54) is 0 Å². The van der Waals surface area contributed by atoms with E-state index in [0.717, 1.165) is 42.5 Å². The van der Waals surface area contributed by atoms with E-state index in [-0.39, 0.29) is 24.9 Å². The van der Waals surface area contributed by atoms with Crippen LogP contribution in [0.1, 0.15) is 54.5 Å². The first kappa shape index (κ1) is 24.4. The fourth-order valence-electron chi connectivity index (χ4n) is 4.47. The lowest BCUT2D eigenvalue weighted by molar-refractivity contribution is -0.136. The van der Waals surface area contributed by atoms with Gasteiger partial charge in [-0.1, -0.05) is 36.4 Å². The topological polar surface area (TPSA) is 70.0 Å². The summed E-state index contributed by atoms with van der Waals surface area (Å²) in [5.41, 5.74) is 3.56. The molecular weight excluding hydrogens is 409 g/mol. The average molecular weight is 444 g/mol. The van der Waals surface area contributed by atoms with Gasteiger partial charge in [-0.15, -0.1) is 0 Å². The summed E-state index contributed by atoms with van der Waals surface area (Å²) >= 11 is 0. The zero-order valence-corrected chi connectivity index (χ0v) is 19.0. The maximum absolute atomic E-state index is 13.9. The minimum absolute atomic E-state index is 0.0770. The molecule has 0 spiro atoms. The van der Waals surface area contributed by atoms with Crippen LogP contribution in [0.15, 0.2) is 42.5 Å². The zero-order valence-electron chi connectivity index (χ0n) is 19.0. The number of carbonyl (C=O) groups is 1. The van der Waals surface area contributed by atoms with Gasteiger partial charge < -0.3 is 14.9 Å². The number of hydrogen-bond acceptors (Lipinski definition) is 4. The summed E-state index contributed by atoms with van der Waals surface area (Å²) in [7, 11) is 0. The fourth-order valence-corrected chi connectivity index (χ4v) is 4.47. The van der Waals surface area contributed by atoms with Crippen molar-refractivity contribution in [1.29, 1.82) is 0 Å². The van der Waals surface area contributed by atoms with Crippen LogP contribution in [-0.4, -0.2) is 52.9 Å². The molecule has 32 heavy (non-hydrogen) atoms. The van der Waals surface area contributed by atoms with E-state index >= 15 is 0 Å². The number of carboxylic acid groups (broad SMARTS) is 1. The number of aliphatic hydroxyl groups excluding tert-OH is 1. The van der Waals surface area contributed by atoms with Gasteiger partial charge in [-0.2, -0.15) is 0 Å². The van der Waals surface area contributed by atoms with Gasteiger partial charge in [0.15, 0.2) is 0 Å². The molecule has 0 unspecified atom stereocenters. The molecule has 6 heteroatoms. The summed E-state index contributed by atoms with van der Waals surface area (Å²) in [5.74, 6) is -0.990. The predicted octanol–water partition coefficient (Wildman–Crippen LogP) is 4.30. The number of aliphatic hydroxyl groups is 1. The van der Waals surface area contributed by atoms with Gasteiger partial charge in [-0.3, -0.25) is 9.69 Å². The summed E-state index contributed by atoms with van der Waals surface area (Å²) in [6.07, 6.45) is 2.55. The van der Waals surface area contributed by atoms with Gasteiger partial charge in [-0.25, -0.2) is 4.39 Å². The Kier molecular flexibility index (Phi) is 8.79. The van der Waals surface area contributed by atoms with Crippen LogP contribution in [0.5, 0.6) is 0 Å². The summed E-state index contributed by atoms with van der Waals surface area (Å²) < 4.78 is 19.8. The minimum Gasteiger partial charge on any atom is -0.481 e. The van der Waals surface area contributed by atoms with Crippen LogP contribution in [0.3, 0.4) is 0 Å². The molecule has 0 aromatic heterocycles. The normalized spacial score (nSPS) is 18.6. The van der Waals surface area contributed by atoms with Crippen molar-refractivity contribution >= 4 is 5.97 Å². The minimum atomic E-state index is -0.822. The molecule has 1 heterocycles. The highest BCUT2D eigenvalue weighted by Crippen LogP contribution is 2.24. The maximum atomic E-state index is 13.9. The summed E-state index contributed by atoms with van der Waals surface area (Å²) in [6.45, 7) is 5.34. The van der Waals surface area contributed by atoms with Crippen molar-refractivity contribution in [3.8, 4) is 0 Å². The summed E-state index contributed by atoms with van der Waals surface area (Å²) in [4.78, 5) is 13.2. The number of aliphatic carboxylic acids is 1. The van der Waals surface area contributed by atoms with Crippen LogP contribution in [0, 0.1) is 12.7 Å². The highest BCUT2D eigenvalue weighted by molar-refractivity contribution is 5.67. The number of carboxylic acids is 1. The molecule has 3 rings (SSSR count). The summed E-state index contributed by atoms with van der Waals surface area (Å²) in [5, 5.41) is 19.6. The van der Waals surface area contributed by atoms with Crippen molar-refractivity contribution in [2.75, 3.05) is 19.7 Å². The molecule has 3 atom stereocenters. The second-order valence-electron chi connectivity index (χ2n) is 8.80. The van der Waals surface area contributed by atoms with Crippen molar-refractivity contribution in [1.82, 2.24) is 4.90 Å². The molecule has 1 aliphatic heterocycles. The van der Waals surface area contributed by atoms with Crippen molar-refractivity contribution in [3.63, 3.8) is 0 Å². The quantitative estimate of drug-likeness (QED) is 0.542. The molecule has 2 aromatic rings. The van der Waals surface area contributed by atoms with Gasteiger partial charge >= 0.3 is 5.97 Å². The molecule has 1 saturated heterocycles. The molecule has 2 N–H and O–H groups in total. The number of rotatable bonds is 11. The first-order chi connectivity index (χ1) is 15.3. The lowest BCUT2D eigenvalue weighted by Gasteiger charge is -2.27. The number of ether oxygens (including phenoxy) is 1. The number of benzene rings is 2. The van der Waals surface area contributed by atoms with Gasteiger partial charge in [-0.05, 0) is 74.4 Å². The van der Waals surface area contributed by atoms with Crippen molar-refractivity contribution in [2.45, 2.75) is 64.2 Å². The van der Waals surface area contributed by atoms with E-state index in [1.54, 1.807) is 13.0 Å². The lowest BCUT2D eigenvalue weighted by Crippen LogP contribution is -2.39. The number of halogens is 1. The first-order valence-corrected chi connectivity index (χ1v) is 11.4. The zero-order chi connectivity index (χ0) is 23.1. The third-order valence-electron chi connectivity index (χ3n) is 6.29. The third-order valence-corrected chi connectivity index (χ3v) is 6.29. The smallest absolute Gasteiger partial charge is 0.303 e. The van der Waals surface area contributed by atoms with Crippen LogP contribution < -0.4 is 0 Å². The molecule has 0 saturated carbocycles. The van der Waals surface area contributed by atoms with Crippen LogP contribution in [0.4, 0.5) is 4.39 Å². The summed E-state index contributed by atoms with van der Waals surface area (Å²) in [6, 6.07) is 13.4. The first-order valence-electron chi connectivity index (χ1n) is 11.4. The Morgan fingerprint density at radius 1 is 1.28 bits per heavy atom. The Balaban J connectivity index is 1.51. The van der Waals surface area contributed by atoms with Crippen molar-refractivity contribution < 1.29 is 24.1 Å². The second-order valence-corrected chi connectivity index (χ2v) is 8.80. The van der Waals surface area contributed by atoms with E-state index < -0.39 is 12.1 Å². The predicted molar refractivity (Wildman–Crippen MR) is 122 cm³/mol. The number of hydrogen-bond donors (Lipinski definition) is 2. The Labute approximate surface area is 189 Å². The Bertz CT molecular complexity index is 903. The van der Waals surface area contributed by atoms with E-state index in [0.29, 0.717) is 24.6 Å². The number of β-amino-alcohol motifs (C(OH)–C–C–N with tert-alkyl or cyclic N) is 1. The van der Waals surface area contributed by atoms with Crippen molar-refractivity contribution in [3.05, 3.63) is 70.5 Å². The molecule has 1 aliphatic rings. The van der Waals surface area contributed by atoms with Gasteiger partial charge in [0.1, 0.15) is 5.82 Å². The van der Waals surface area contributed by atoms with Crippen LogP contribution in [-0.2, 0) is 22.4 Å². The standard InChI is InChI=1S/C26H34FNO4/c1-18-9-10-20(15-25(18)27)14-22-7-5-13-28(22)16-23(29)17-32-19(2)24-8-4-3-6-21(24)11-12-26(30)31/h3-4,6,8-10,15,19,22-23,29H,5,7,11-14,16-17H2,1-2H3,(H,30,31)/t19-,22+,23-/m1/s1. The monoisotopic (exact) mass is 443 g/mol. The number of nitrogens with zero attached hydrogens (tertiary/aromatic N) is 1. The van der Waals surface area contributed by atoms with Gasteiger partial charge in [0.2, 0.25) is 0 Å². The van der Waals surface area contributed by atoms with Crippen LogP contribution in [0.2, 0.25) is 0 Å². The molecule has 0 radical (unpaired) electrons. The van der Waals surface area contributed by atoms with Crippen LogP contribution in [0.25, 0.3) is 0 Å². The molecule has 0 amide bonds. The fraction of sp³-hybridized carbons (Fsp3) is 0.500. The number of likely N-dealkylation sites (tertiary alicyclic amines) is 1. The van der Waals surface area contributed by atoms with Gasteiger partial charge in [0, 0.05) is 19.0 Å². The Morgan fingerprint density at radius 2 is 2.06 bits per heavy atom. The average Bonchev–Trinajstić information content (AvgIpc) is 3.19. The van der Waals surface area contributed by atoms with Crippen LogP contribution >= 0.6 is 0 Å². The van der Waals surface area contributed by atoms with E-state index in [1.807, 2.05) is 43.3 Å². The molecule has 174 valence electrons. The molecule has 5 nitrogen and oxygen atoms in total. The second kappa shape index (κ2) is 11.5. The van der Waals surface area contributed by atoms with E-state index in [2.05, 4.69) is 4.90 Å². The maximum Gasteiger partial charge on any atom is 0.303 e. The Hall–Kier alpha value is -2.28. The largest absolute Gasteiger partial charge is 0.481 e. The SMILES string of the molecule is Cc1ccc(C[C@@H]2CCCN2C[C@@H](O)CO[C@H](C)c2ccccc2CCC(=O)O)cc1F. The molecule has 1 fully saturated rings. The molecule has 0 bridgehead atoms. The highest BCUT2D eigenvalue weighted by atomic mass is 19.1. The molecular formula is C26H34FNO4. The molecule has 0 aliphatic carbocycles. The number of aryl methyl sites for hydroxylation is 2. The third kappa shape index (κ3) is 6.86. The van der Waals surface area contributed by atoms with Gasteiger partial charge in [0.05, 0.1) is 18.8 Å². The lowest BCUT2D eigenvalue weighted by atomic mass is 9.99. The van der Waals surface area contributed by atoms with E-state index in [4.69, 9.17) is 9.84 Å². The highest BCUT2D eigenvalue weighted by Gasteiger charge is 2.27. The van der Waals surface area contributed by atoms with Gasteiger partial charge in [0.25, 0.3) is 0 Å².